The third-order valence-electron chi connectivity index (χ3n) is 6.65. The molecule has 1 spiro atoms. The van der Waals surface area contributed by atoms with Gasteiger partial charge in [-0.15, -0.1) is 0 Å². The predicted molar refractivity (Wildman–Crippen MR) is 67.3 cm³/mol. The van der Waals surface area contributed by atoms with Crippen molar-refractivity contribution < 1.29 is 19.4 Å². The number of aliphatic hydroxyl groups excluding tert-OH is 1. The molecular formula is C15H22O4. The average molecular weight is 266 g/mol. The van der Waals surface area contributed by atoms with Crippen LogP contribution in [-0.2, 0) is 14.3 Å². The van der Waals surface area contributed by atoms with Crippen LogP contribution in [0.3, 0.4) is 0 Å². The van der Waals surface area contributed by atoms with E-state index in [0.29, 0.717) is 0 Å². The highest BCUT2D eigenvalue weighted by molar-refractivity contribution is 5.75. The van der Waals surface area contributed by atoms with Crippen molar-refractivity contribution >= 4 is 5.97 Å². The molecule has 2 saturated heterocycles. The van der Waals surface area contributed by atoms with Crippen LogP contribution < -0.4 is 0 Å². The second-order valence-corrected chi connectivity index (χ2v) is 7.41. The first-order valence-corrected chi connectivity index (χ1v) is 7.44. The molecule has 1 N–H and O–H groups in total. The standard InChI is InChI=1S/C15H22O4/c1-8-9-4-6-13(2)7-5-10(16)14(3)15(13,19-14)11(9)18-12(8)17/h8-11,16H,4-7H2,1-3H3. The minimum Gasteiger partial charge on any atom is -0.459 e. The Bertz CT molecular complexity index is 463. The second-order valence-electron chi connectivity index (χ2n) is 7.41. The summed E-state index contributed by atoms with van der Waals surface area (Å²) in [5, 5.41) is 10.3. The Morgan fingerprint density at radius 3 is 2.68 bits per heavy atom. The van der Waals surface area contributed by atoms with E-state index in [9.17, 15) is 9.90 Å². The molecule has 0 radical (unpaired) electrons. The lowest BCUT2D eigenvalue weighted by Gasteiger charge is -2.50. The highest BCUT2D eigenvalue weighted by Gasteiger charge is 2.85. The maximum Gasteiger partial charge on any atom is 0.309 e. The van der Waals surface area contributed by atoms with Gasteiger partial charge in [-0.05, 0) is 32.6 Å². The highest BCUT2D eigenvalue weighted by Crippen LogP contribution is 2.73. The topological polar surface area (TPSA) is 59.1 Å². The molecule has 2 aliphatic carbocycles. The van der Waals surface area contributed by atoms with E-state index in [1.54, 1.807) is 0 Å². The van der Waals surface area contributed by atoms with Crippen molar-refractivity contribution in [3.63, 3.8) is 0 Å². The van der Waals surface area contributed by atoms with Gasteiger partial charge in [0.25, 0.3) is 0 Å². The van der Waals surface area contributed by atoms with E-state index < -0.39 is 17.3 Å². The van der Waals surface area contributed by atoms with E-state index in [-0.39, 0.29) is 29.3 Å². The van der Waals surface area contributed by atoms with Gasteiger partial charge in [0, 0.05) is 11.3 Å². The lowest BCUT2D eigenvalue weighted by Crippen LogP contribution is -2.60. The number of ether oxygens (including phenoxy) is 2. The fraction of sp³-hybridized carbons (Fsp3) is 0.933. The first-order chi connectivity index (χ1) is 8.86. The van der Waals surface area contributed by atoms with Gasteiger partial charge in [-0.3, -0.25) is 4.79 Å². The van der Waals surface area contributed by atoms with Crippen molar-refractivity contribution in [2.24, 2.45) is 17.3 Å². The zero-order valence-corrected chi connectivity index (χ0v) is 11.8. The van der Waals surface area contributed by atoms with Gasteiger partial charge in [0.2, 0.25) is 0 Å². The van der Waals surface area contributed by atoms with Crippen molar-refractivity contribution in [3.8, 4) is 0 Å². The Morgan fingerprint density at radius 1 is 1.26 bits per heavy atom. The summed E-state index contributed by atoms with van der Waals surface area (Å²) >= 11 is 0. The van der Waals surface area contributed by atoms with Crippen LogP contribution in [0.25, 0.3) is 0 Å². The molecule has 2 saturated carbocycles. The van der Waals surface area contributed by atoms with Crippen LogP contribution in [0.15, 0.2) is 0 Å². The zero-order chi connectivity index (χ0) is 13.6. The number of epoxide rings is 1. The Labute approximate surface area is 113 Å². The van der Waals surface area contributed by atoms with E-state index >= 15 is 0 Å². The number of hydrogen-bond donors (Lipinski definition) is 1. The predicted octanol–water partition coefficient (Wildman–Crippen LogP) is 1.65. The van der Waals surface area contributed by atoms with Crippen LogP contribution in [-0.4, -0.2) is 34.5 Å². The lowest BCUT2D eigenvalue weighted by atomic mass is 9.52. The molecule has 7 unspecified atom stereocenters. The Kier molecular flexibility index (Phi) is 2.03. The van der Waals surface area contributed by atoms with Crippen LogP contribution >= 0.6 is 0 Å². The molecular weight excluding hydrogens is 244 g/mol. The maximum absolute atomic E-state index is 11.9. The van der Waals surface area contributed by atoms with Gasteiger partial charge < -0.3 is 14.6 Å². The molecule has 0 aromatic heterocycles. The molecule has 4 rings (SSSR count). The summed E-state index contributed by atoms with van der Waals surface area (Å²) in [6.07, 6.45) is 3.25. The largest absolute Gasteiger partial charge is 0.459 e. The molecule has 0 aromatic carbocycles. The highest BCUT2D eigenvalue weighted by atomic mass is 16.7. The van der Waals surface area contributed by atoms with Crippen molar-refractivity contribution in [2.45, 2.75) is 69.9 Å². The molecule has 0 aromatic rings. The normalized spacial score (nSPS) is 62.8. The molecule has 7 atom stereocenters. The zero-order valence-electron chi connectivity index (χ0n) is 11.8. The molecule has 4 heteroatoms. The monoisotopic (exact) mass is 266 g/mol. The van der Waals surface area contributed by atoms with Crippen molar-refractivity contribution in [3.05, 3.63) is 0 Å². The van der Waals surface area contributed by atoms with E-state index in [0.717, 1.165) is 25.7 Å². The fourth-order valence-corrected chi connectivity index (χ4v) is 5.29. The minimum atomic E-state index is -0.520. The Balaban J connectivity index is 1.80. The quantitative estimate of drug-likeness (QED) is 0.535. The van der Waals surface area contributed by atoms with Crippen LogP contribution in [0.1, 0.15) is 46.5 Å². The summed E-state index contributed by atoms with van der Waals surface area (Å²) in [7, 11) is 0. The number of aliphatic hydroxyl groups is 1. The van der Waals surface area contributed by atoms with Gasteiger partial charge >= 0.3 is 5.97 Å². The smallest absolute Gasteiger partial charge is 0.309 e. The first-order valence-electron chi connectivity index (χ1n) is 7.44. The number of fused-ring (bicyclic) bond motifs is 1. The van der Waals surface area contributed by atoms with Crippen LogP contribution in [0.5, 0.6) is 0 Å². The Morgan fingerprint density at radius 2 is 1.95 bits per heavy atom. The number of carbonyl (C=O) groups is 1. The fourth-order valence-electron chi connectivity index (χ4n) is 5.29. The summed E-state index contributed by atoms with van der Waals surface area (Å²) in [5.41, 5.74) is -0.929. The molecule has 2 aliphatic heterocycles. The summed E-state index contributed by atoms with van der Waals surface area (Å²) in [6.45, 7) is 6.21. The molecule has 4 aliphatic rings. The Hall–Kier alpha value is -0.610. The number of rotatable bonds is 0. The number of hydrogen-bond acceptors (Lipinski definition) is 4. The van der Waals surface area contributed by atoms with Gasteiger partial charge in [0.15, 0.2) is 0 Å². The molecule has 4 fully saturated rings. The van der Waals surface area contributed by atoms with E-state index in [1.807, 2.05) is 13.8 Å². The summed E-state index contributed by atoms with van der Waals surface area (Å²) < 4.78 is 11.9. The lowest BCUT2D eigenvalue weighted by molar-refractivity contribution is -0.152. The van der Waals surface area contributed by atoms with Crippen LogP contribution in [0.2, 0.25) is 0 Å². The molecule has 0 amide bonds. The van der Waals surface area contributed by atoms with E-state index in [2.05, 4.69) is 6.92 Å². The molecule has 2 heterocycles. The molecule has 19 heavy (non-hydrogen) atoms. The van der Waals surface area contributed by atoms with Gasteiger partial charge in [0.05, 0.1) is 12.0 Å². The van der Waals surface area contributed by atoms with Gasteiger partial charge in [-0.1, -0.05) is 13.8 Å². The van der Waals surface area contributed by atoms with Crippen LogP contribution in [0.4, 0.5) is 0 Å². The van der Waals surface area contributed by atoms with Gasteiger partial charge in [-0.2, -0.15) is 0 Å². The minimum absolute atomic E-state index is 0.0311. The summed E-state index contributed by atoms with van der Waals surface area (Å²) in [4.78, 5) is 11.9. The third-order valence-corrected chi connectivity index (χ3v) is 6.65. The third kappa shape index (κ3) is 1.09. The van der Waals surface area contributed by atoms with E-state index in [4.69, 9.17) is 9.47 Å². The van der Waals surface area contributed by atoms with Gasteiger partial charge in [0.1, 0.15) is 17.3 Å². The van der Waals surface area contributed by atoms with Crippen molar-refractivity contribution in [1.29, 1.82) is 0 Å². The SMILES string of the molecule is CC1C(=O)OC2C1CCC1(C)CCC(O)C3(C)OC213. The van der Waals surface area contributed by atoms with Crippen molar-refractivity contribution in [1.82, 2.24) is 0 Å². The molecule has 0 bridgehead atoms. The van der Waals surface area contributed by atoms with Crippen molar-refractivity contribution in [2.75, 3.05) is 0 Å². The number of carbonyl (C=O) groups excluding carboxylic acids is 1. The van der Waals surface area contributed by atoms with Crippen LogP contribution in [0, 0.1) is 17.3 Å². The maximum atomic E-state index is 11.9. The number of esters is 1. The second kappa shape index (κ2) is 3.17. The average Bonchev–Trinajstić information content (AvgIpc) is 2.92. The van der Waals surface area contributed by atoms with E-state index in [1.165, 1.54) is 0 Å². The molecule has 106 valence electrons. The first kappa shape index (κ1) is 12.2. The molecule has 4 nitrogen and oxygen atoms in total. The summed E-state index contributed by atoms with van der Waals surface area (Å²) in [5.74, 6) is 0.135. The summed E-state index contributed by atoms with van der Waals surface area (Å²) in [6, 6.07) is 0. The van der Waals surface area contributed by atoms with Gasteiger partial charge in [-0.25, -0.2) is 0 Å².